The van der Waals surface area contributed by atoms with Gasteiger partial charge < -0.3 is 10.4 Å². The molecule has 1 rings (SSSR count). The number of nitrogens with one attached hydrogen (secondary N) is 1. The Bertz CT molecular complexity index is 278. The van der Waals surface area contributed by atoms with Crippen LogP contribution in [-0.4, -0.2) is 28.5 Å². The first-order valence-corrected chi connectivity index (χ1v) is 5.47. The van der Waals surface area contributed by atoms with E-state index in [0.717, 1.165) is 43.6 Å². The van der Waals surface area contributed by atoms with E-state index in [9.17, 15) is 0 Å². The number of aryl methyl sites for hydroxylation is 1. The quantitative estimate of drug-likeness (QED) is 0.672. The van der Waals surface area contributed by atoms with Gasteiger partial charge in [0.15, 0.2) is 0 Å². The molecular weight excluding hydrogens is 190 g/mol. The summed E-state index contributed by atoms with van der Waals surface area (Å²) >= 11 is 0. The van der Waals surface area contributed by atoms with Crippen LogP contribution in [0, 0.1) is 6.92 Å². The second kappa shape index (κ2) is 7.17. The predicted molar refractivity (Wildman–Crippen MR) is 60.8 cm³/mol. The van der Waals surface area contributed by atoms with E-state index in [1.165, 1.54) is 0 Å². The van der Waals surface area contributed by atoms with Gasteiger partial charge >= 0.3 is 0 Å². The number of aliphatic hydroxyl groups is 1. The summed E-state index contributed by atoms with van der Waals surface area (Å²) < 4.78 is 0. The number of rotatable bonds is 7. The van der Waals surface area contributed by atoms with Gasteiger partial charge in [-0.15, -0.1) is 5.10 Å². The van der Waals surface area contributed by atoms with Crippen molar-refractivity contribution in [3.63, 3.8) is 0 Å². The number of hydrogen-bond donors (Lipinski definition) is 2. The summed E-state index contributed by atoms with van der Waals surface area (Å²) in [6, 6.07) is 1.99. The van der Waals surface area contributed by atoms with Gasteiger partial charge in [-0.1, -0.05) is 12.8 Å². The van der Waals surface area contributed by atoms with Crippen molar-refractivity contribution in [1.29, 1.82) is 0 Å². The zero-order valence-electron chi connectivity index (χ0n) is 9.24. The fourth-order valence-electron chi connectivity index (χ4n) is 1.36. The maximum Gasteiger partial charge on any atom is 0.148 e. The Kier molecular flexibility index (Phi) is 5.70. The summed E-state index contributed by atoms with van der Waals surface area (Å²) in [7, 11) is 0. The third-order valence-electron chi connectivity index (χ3n) is 2.18. The molecule has 0 aromatic carbocycles. The summed E-state index contributed by atoms with van der Waals surface area (Å²) in [5.74, 6) is 0.845. The van der Waals surface area contributed by atoms with Crippen molar-refractivity contribution in [3.05, 3.63) is 17.8 Å². The fraction of sp³-hybridized carbons (Fsp3) is 0.636. The average molecular weight is 209 g/mol. The van der Waals surface area contributed by atoms with Crippen LogP contribution in [0.3, 0.4) is 0 Å². The lowest BCUT2D eigenvalue weighted by atomic mass is 10.2. The van der Waals surface area contributed by atoms with Crippen LogP contribution in [0.2, 0.25) is 0 Å². The van der Waals surface area contributed by atoms with Crippen LogP contribution < -0.4 is 5.32 Å². The van der Waals surface area contributed by atoms with E-state index in [1.807, 2.05) is 13.0 Å². The fourth-order valence-corrected chi connectivity index (χ4v) is 1.36. The molecule has 0 amide bonds. The molecule has 0 aliphatic rings. The van der Waals surface area contributed by atoms with E-state index in [0.29, 0.717) is 6.61 Å². The van der Waals surface area contributed by atoms with Crippen molar-refractivity contribution in [2.24, 2.45) is 0 Å². The Morgan fingerprint density at radius 1 is 1.27 bits per heavy atom. The minimum Gasteiger partial charge on any atom is -0.396 e. The van der Waals surface area contributed by atoms with Crippen molar-refractivity contribution in [3.8, 4) is 0 Å². The molecule has 0 bridgehead atoms. The Hall–Kier alpha value is -1.16. The molecule has 0 aliphatic carbocycles. The third-order valence-corrected chi connectivity index (χ3v) is 2.18. The van der Waals surface area contributed by atoms with E-state index in [-0.39, 0.29) is 0 Å². The molecule has 0 unspecified atom stereocenters. The minimum absolute atomic E-state index is 0.302. The molecule has 84 valence electrons. The minimum atomic E-state index is 0.302. The van der Waals surface area contributed by atoms with Crippen LogP contribution in [0.1, 0.15) is 31.2 Å². The zero-order chi connectivity index (χ0) is 10.9. The van der Waals surface area contributed by atoms with Gasteiger partial charge in [-0.3, -0.25) is 0 Å². The van der Waals surface area contributed by atoms with Crippen LogP contribution in [-0.2, 0) is 0 Å². The Morgan fingerprint density at radius 2 is 2.07 bits per heavy atom. The Morgan fingerprint density at radius 3 is 2.80 bits per heavy atom. The number of nitrogens with zero attached hydrogens (tertiary/aromatic N) is 2. The standard InChI is InChI=1S/C11H19N3O/c1-10-8-11(14-13-9-10)12-6-4-2-3-5-7-15/h8-9,15H,2-7H2,1H3,(H,12,14). The molecule has 0 atom stereocenters. The van der Waals surface area contributed by atoms with Gasteiger partial charge in [0.1, 0.15) is 5.82 Å². The highest BCUT2D eigenvalue weighted by Crippen LogP contribution is 2.04. The molecule has 0 saturated heterocycles. The van der Waals surface area contributed by atoms with E-state index in [2.05, 4.69) is 15.5 Å². The second-order valence-electron chi connectivity index (χ2n) is 3.68. The first-order chi connectivity index (χ1) is 7.33. The van der Waals surface area contributed by atoms with Gasteiger partial charge in [-0.25, -0.2) is 0 Å². The normalized spacial score (nSPS) is 10.3. The van der Waals surface area contributed by atoms with Crippen molar-refractivity contribution in [2.75, 3.05) is 18.5 Å². The third kappa shape index (κ3) is 5.32. The number of aliphatic hydroxyl groups excluding tert-OH is 1. The molecule has 1 heterocycles. The highest BCUT2D eigenvalue weighted by molar-refractivity contribution is 5.34. The van der Waals surface area contributed by atoms with E-state index >= 15 is 0 Å². The molecule has 0 fully saturated rings. The largest absolute Gasteiger partial charge is 0.396 e. The SMILES string of the molecule is Cc1cnnc(NCCCCCCO)c1. The zero-order valence-corrected chi connectivity index (χ0v) is 9.24. The first-order valence-electron chi connectivity index (χ1n) is 5.47. The lowest BCUT2D eigenvalue weighted by Crippen LogP contribution is -2.04. The van der Waals surface area contributed by atoms with Crippen molar-refractivity contribution in [2.45, 2.75) is 32.6 Å². The van der Waals surface area contributed by atoms with Gasteiger partial charge in [0.25, 0.3) is 0 Å². The second-order valence-corrected chi connectivity index (χ2v) is 3.68. The smallest absolute Gasteiger partial charge is 0.148 e. The first kappa shape index (κ1) is 11.9. The average Bonchev–Trinajstić information content (AvgIpc) is 2.23. The van der Waals surface area contributed by atoms with Gasteiger partial charge in [-0.2, -0.15) is 5.10 Å². The van der Waals surface area contributed by atoms with Crippen LogP contribution in [0.15, 0.2) is 12.3 Å². The van der Waals surface area contributed by atoms with Gasteiger partial charge in [0, 0.05) is 13.2 Å². The van der Waals surface area contributed by atoms with E-state index < -0.39 is 0 Å². The molecule has 4 nitrogen and oxygen atoms in total. The van der Waals surface area contributed by atoms with Crippen LogP contribution >= 0.6 is 0 Å². The van der Waals surface area contributed by atoms with Crippen LogP contribution in [0.5, 0.6) is 0 Å². The van der Waals surface area contributed by atoms with Crippen LogP contribution in [0.4, 0.5) is 5.82 Å². The highest BCUT2D eigenvalue weighted by atomic mass is 16.2. The molecule has 0 aliphatic heterocycles. The maximum absolute atomic E-state index is 8.60. The number of unbranched alkanes of at least 4 members (excludes halogenated alkanes) is 3. The summed E-state index contributed by atoms with van der Waals surface area (Å²) in [6.07, 6.45) is 6.00. The Balaban J connectivity index is 2.10. The molecule has 1 aromatic heterocycles. The van der Waals surface area contributed by atoms with Gasteiger partial charge in [0.2, 0.25) is 0 Å². The summed E-state index contributed by atoms with van der Waals surface area (Å²) in [4.78, 5) is 0. The molecule has 1 aromatic rings. The monoisotopic (exact) mass is 209 g/mol. The van der Waals surface area contributed by atoms with Gasteiger partial charge in [-0.05, 0) is 31.4 Å². The van der Waals surface area contributed by atoms with E-state index in [1.54, 1.807) is 6.20 Å². The topological polar surface area (TPSA) is 58.0 Å². The highest BCUT2D eigenvalue weighted by Gasteiger charge is 1.94. The molecule has 0 saturated carbocycles. The number of aromatic nitrogens is 2. The van der Waals surface area contributed by atoms with Crippen molar-refractivity contribution in [1.82, 2.24) is 10.2 Å². The van der Waals surface area contributed by atoms with Crippen molar-refractivity contribution >= 4 is 5.82 Å². The van der Waals surface area contributed by atoms with Crippen LogP contribution in [0.25, 0.3) is 0 Å². The lowest BCUT2D eigenvalue weighted by molar-refractivity contribution is 0.283. The van der Waals surface area contributed by atoms with Gasteiger partial charge in [0.05, 0.1) is 6.20 Å². The molecule has 15 heavy (non-hydrogen) atoms. The number of anilines is 1. The number of hydrogen-bond acceptors (Lipinski definition) is 4. The summed E-state index contributed by atoms with van der Waals surface area (Å²) in [5, 5.41) is 19.7. The molecule has 0 radical (unpaired) electrons. The Labute approximate surface area is 90.7 Å². The maximum atomic E-state index is 8.60. The summed E-state index contributed by atoms with van der Waals surface area (Å²) in [5.41, 5.74) is 1.12. The molecule has 4 heteroatoms. The van der Waals surface area contributed by atoms with Crippen molar-refractivity contribution < 1.29 is 5.11 Å². The van der Waals surface area contributed by atoms with E-state index in [4.69, 9.17) is 5.11 Å². The molecular formula is C11H19N3O. The lowest BCUT2D eigenvalue weighted by Gasteiger charge is -2.04. The molecule has 0 spiro atoms. The molecule has 2 N–H and O–H groups in total. The summed E-state index contributed by atoms with van der Waals surface area (Å²) in [6.45, 7) is 3.22. The predicted octanol–water partition coefficient (Wildman–Crippen LogP) is 1.75.